The van der Waals surface area contributed by atoms with E-state index in [2.05, 4.69) is 0 Å². The number of hydrogen-bond donors (Lipinski definition) is 0. The van der Waals surface area contributed by atoms with Crippen LogP contribution in [0.4, 0.5) is 10.1 Å². The third-order valence-electron chi connectivity index (χ3n) is 4.92. The number of halogens is 4. The zero-order valence-corrected chi connectivity index (χ0v) is 22.1. The molecule has 1 aliphatic heterocycles. The fourth-order valence-electron chi connectivity index (χ4n) is 3.26. The average Bonchev–Trinajstić information content (AvgIpc) is 3.09. The molecule has 0 unspecified atom stereocenters. The van der Waals surface area contributed by atoms with E-state index in [0.29, 0.717) is 43.1 Å². The van der Waals surface area contributed by atoms with E-state index in [1.807, 2.05) is 13.0 Å². The quantitative estimate of drug-likeness (QED) is 0.212. The van der Waals surface area contributed by atoms with E-state index in [9.17, 15) is 9.18 Å². The smallest absolute Gasteiger partial charge is 0.270 e. The zero-order valence-electron chi connectivity index (χ0n) is 18.2. The third-order valence-corrected chi connectivity index (χ3v) is 7.10. The summed E-state index contributed by atoms with van der Waals surface area (Å²) in [7, 11) is 0. The molecule has 1 amide bonds. The van der Waals surface area contributed by atoms with Crippen molar-refractivity contribution < 1.29 is 18.7 Å². The lowest BCUT2D eigenvalue weighted by Crippen LogP contribution is -2.27. The molecule has 35 heavy (non-hydrogen) atoms. The minimum absolute atomic E-state index is 0.0858. The van der Waals surface area contributed by atoms with E-state index in [0.717, 1.165) is 22.9 Å². The molecule has 0 saturated carbocycles. The highest BCUT2D eigenvalue weighted by Crippen LogP contribution is 2.38. The van der Waals surface area contributed by atoms with Crippen LogP contribution >= 0.6 is 58.8 Å². The predicted octanol–water partition coefficient (Wildman–Crippen LogP) is 8.17. The minimum Gasteiger partial charge on any atom is -0.490 e. The number of rotatable bonds is 7. The Labute approximate surface area is 226 Å². The Morgan fingerprint density at radius 1 is 1.00 bits per heavy atom. The SMILES string of the molecule is CCOc1cc(/C=C2/SC(=S)N(c3ccc(F)c(Cl)c3)C2=O)ccc1OCc1ccc(Cl)cc1Cl. The Balaban J connectivity index is 1.56. The topological polar surface area (TPSA) is 38.8 Å². The molecular weight excluding hydrogens is 552 g/mol. The van der Waals surface area contributed by atoms with Crippen molar-refractivity contribution in [1.29, 1.82) is 0 Å². The van der Waals surface area contributed by atoms with Gasteiger partial charge in [-0.15, -0.1) is 0 Å². The number of ether oxygens (including phenoxy) is 2. The van der Waals surface area contributed by atoms with Gasteiger partial charge in [0.25, 0.3) is 5.91 Å². The summed E-state index contributed by atoms with van der Waals surface area (Å²) in [6.45, 7) is 2.52. The van der Waals surface area contributed by atoms with Gasteiger partial charge < -0.3 is 9.47 Å². The molecule has 180 valence electrons. The van der Waals surface area contributed by atoms with E-state index >= 15 is 0 Å². The van der Waals surface area contributed by atoms with Crippen molar-refractivity contribution in [2.24, 2.45) is 0 Å². The average molecular weight is 569 g/mol. The van der Waals surface area contributed by atoms with E-state index < -0.39 is 5.82 Å². The van der Waals surface area contributed by atoms with Gasteiger partial charge in [-0.2, -0.15) is 0 Å². The largest absolute Gasteiger partial charge is 0.490 e. The Hall–Kier alpha value is -2.29. The number of nitrogens with zero attached hydrogens (tertiary/aromatic N) is 1. The number of hydrogen-bond acceptors (Lipinski definition) is 5. The first-order valence-corrected chi connectivity index (χ1v) is 12.7. The van der Waals surface area contributed by atoms with Crippen LogP contribution < -0.4 is 14.4 Å². The van der Waals surface area contributed by atoms with Crippen molar-refractivity contribution >= 4 is 80.8 Å². The van der Waals surface area contributed by atoms with Gasteiger partial charge in [0.1, 0.15) is 12.4 Å². The van der Waals surface area contributed by atoms with Crippen LogP contribution in [-0.4, -0.2) is 16.8 Å². The molecule has 3 aromatic carbocycles. The van der Waals surface area contributed by atoms with Crippen molar-refractivity contribution in [2.75, 3.05) is 11.5 Å². The van der Waals surface area contributed by atoms with Crippen LogP contribution in [0.5, 0.6) is 11.5 Å². The second-order valence-corrected chi connectivity index (χ2v) is 10.2. The van der Waals surface area contributed by atoms with Crippen LogP contribution in [0.25, 0.3) is 6.08 Å². The fraction of sp³-hybridized carbons (Fsp3) is 0.120. The molecule has 0 aliphatic carbocycles. The van der Waals surface area contributed by atoms with E-state index in [-0.39, 0.29) is 17.5 Å². The first kappa shape index (κ1) is 25.8. The maximum Gasteiger partial charge on any atom is 0.270 e. The molecule has 0 N–H and O–H groups in total. The van der Waals surface area contributed by atoms with Crippen molar-refractivity contribution in [2.45, 2.75) is 13.5 Å². The number of anilines is 1. The summed E-state index contributed by atoms with van der Waals surface area (Å²) in [6.07, 6.45) is 1.72. The lowest BCUT2D eigenvalue weighted by molar-refractivity contribution is -0.113. The molecule has 0 bridgehead atoms. The summed E-state index contributed by atoms with van der Waals surface area (Å²) >= 11 is 24.6. The van der Waals surface area contributed by atoms with Crippen LogP contribution in [0.1, 0.15) is 18.1 Å². The normalized spacial score (nSPS) is 14.7. The first-order valence-electron chi connectivity index (χ1n) is 10.3. The molecule has 0 atom stereocenters. The molecule has 0 aromatic heterocycles. The summed E-state index contributed by atoms with van der Waals surface area (Å²) in [5.74, 6) is 0.162. The predicted molar refractivity (Wildman–Crippen MR) is 145 cm³/mol. The van der Waals surface area contributed by atoms with E-state index in [1.54, 1.807) is 36.4 Å². The Morgan fingerprint density at radius 3 is 2.51 bits per heavy atom. The van der Waals surface area contributed by atoms with Crippen molar-refractivity contribution in [3.05, 3.63) is 91.5 Å². The molecule has 1 fully saturated rings. The minimum atomic E-state index is -0.569. The number of amides is 1. The molecular formula is C25H17Cl3FNO3S2. The first-order chi connectivity index (χ1) is 16.8. The summed E-state index contributed by atoms with van der Waals surface area (Å²) in [5.41, 5.74) is 1.91. The molecule has 0 radical (unpaired) electrons. The number of benzene rings is 3. The molecule has 0 spiro atoms. The summed E-state index contributed by atoms with van der Waals surface area (Å²) in [5, 5.41) is 0.972. The van der Waals surface area contributed by atoms with Crippen LogP contribution in [0.15, 0.2) is 59.5 Å². The molecule has 4 nitrogen and oxygen atoms in total. The van der Waals surface area contributed by atoms with Gasteiger partial charge in [0.05, 0.1) is 22.2 Å². The van der Waals surface area contributed by atoms with Gasteiger partial charge >= 0.3 is 0 Å². The molecule has 1 aliphatic rings. The van der Waals surface area contributed by atoms with Crippen LogP contribution in [0.3, 0.4) is 0 Å². The zero-order chi connectivity index (χ0) is 25.1. The van der Waals surface area contributed by atoms with Crippen LogP contribution in [0.2, 0.25) is 15.1 Å². The maximum atomic E-state index is 13.5. The summed E-state index contributed by atoms with van der Waals surface area (Å²) < 4.78 is 25.6. The summed E-state index contributed by atoms with van der Waals surface area (Å²) in [6, 6.07) is 14.6. The highest BCUT2D eigenvalue weighted by molar-refractivity contribution is 8.27. The highest BCUT2D eigenvalue weighted by Gasteiger charge is 2.33. The van der Waals surface area contributed by atoms with E-state index in [1.165, 1.54) is 23.1 Å². The molecule has 1 saturated heterocycles. The fourth-order valence-corrected chi connectivity index (χ4v) is 5.20. The second-order valence-electron chi connectivity index (χ2n) is 7.28. The molecule has 4 rings (SSSR count). The lowest BCUT2D eigenvalue weighted by Gasteiger charge is -2.15. The van der Waals surface area contributed by atoms with Gasteiger partial charge in [0, 0.05) is 15.6 Å². The van der Waals surface area contributed by atoms with Crippen molar-refractivity contribution in [1.82, 2.24) is 0 Å². The van der Waals surface area contributed by atoms with Crippen LogP contribution in [-0.2, 0) is 11.4 Å². The van der Waals surface area contributed by atoms with Gasteiger partial charge in [-0.25, -0.2) is 4.39 Å². The van der Waals surface area contributed by atoms with Gasteiger partial charge in [0.15, 0.2) is 15.8 Å². The van der Waals surface area contributed by atoms with Crippen LogP contribution in [0, 0.1) is 5.82 Å². The number of thioether (sulfide) groups is 1. The maximum absolute atomic E-state index is 13.5. The summed E-state index contributed by atoms with van der Waals surface area (Å²) in [4.78, 5) is 14.8. The standard InChI is InChI=1S/C25H17Cl3FNO3S2/c1-2-32-22-9-14(3-8-21(22)33-13-15-4-5-16(26)11-18(15)27)10-23-24(31)30(25(34)35-23)17-6-7-20(29)19(28)12-17/h3-12H,2,13H2,1H3/b23-10+. The van der Waals surface area contributed by atoms with Gasteiger partial charge in [0.2, 0.25) is 0 Å². The molecule has 3 aromatic rings. The third kappa shape index (κ3) is 5.93. The van der Waals surface area contributed by atoms with E-state index in [4.69, 9.17) is 56.5 Å². The van der Waals surface area contributed by atoms with Gasteiger partial charge in [-0.05, 0) is 61.0 Å². The monoisotopic (exact) mass is 567 g/mol. The van der Waals surface area contributed by atoms with Crippen molar-refractivity contribution in [3.8, 4) is 11.5 Å². The Kier molecular flexibility index (Phi) is 8.24. The highest BCUT2D eigenvalue weighted by atomic mass is 35.5. The molecule has 1 heterocycles. The van der Waals surface area contributed by atoms with Gasteiger partial charge in [-0.1, -0.05) is 70.9 Å². The number of carbonyl (C=O) groups excluding carboxylic acids is 1. The van der Waals surface area contributed by atoms with Crippen molar-refractivity contribution in [3.63, 3.8) is 0 Å². The number of carbonyl (C=O) groups is 1. The van der Waals surface area contributed by atoms with Gasteiger partial charge in [-0.3, -0.25) is 9.69 Å². The number of thiocarbonyl (C=S) groups is 1. The Bertz CT molecular complexity index is 1350. The molecule has 10 heteroatoms. The lowest BCUT2D eigenvalue weighted by atomic mass is 10.1. The second kappa shape index (κ2) is 11.2. The Morgan fingerprint density at radius 2 is 1.80 bits per heavy atom.